The number of sulfonamides is 1. The van der Waals surface area contributed by atoms with Gasteiger partial charge in [0.2, 0.25) is 5.03 Å². The molecular weight excluding hydrogens is 299 g/mol. The highest BCUT2D eigenvalue weighted by Gasteiger charge is 2.35. The number of hydrogen-bond acceptors (Lipinski definition) is 5. The van der Waals surface area contributed by atoms with Gasteiger partial charge in [-0.3, -0.25) is 4.79 Å². The van der Waals surface area contributed by atoms with Crippen molar-refractivity contribution in [2.24, 2.45) is 5.92 Å². The van der Waals surface area contributed by atoms with Crippen LogP contribution in [0.2, 0.25) is 0 Å². The zero-order valence-corrected chi connectivity index (χ0v) is 12.5. The molecule has 8 heteroatoms. The van der Waals surface area contributed by atoms with E-state index in [-0.39, 0.29) is 19.7 Å². The maximum atomic E-state index is 13.7. The molecule has 0 radical (unpaired) electrons. The Labute approximate surface area is 123 Å². The first kappa shape index (κ1) is 15.8. The number of carbonyl (C=O) groups is 1. The number of carbonyl (C=O) groups excluding carboxylic acids is 1. The van der Waals surface area contributed by atoms with Crippen LogP contribution >= 0.6 is 0 Å². The summed E-state index contributed by atoms with van der Waals surface area (Å²) in [6.45, 7) is 2.18. The predicted octanol–water partition coefficient (Wildman–Crippen LogP) is 1.18. The molecule has 0 bridgehead atoms. The molecule has 116 valence electrons. The van der Waals surface area contributed by atoms with E-state index >= 15 is 0 Å². The van der Waals surface area contributed by atoms with Gasteiger partial charge in [-0.05, 0) is 31.9 Å². The maximum Gasteiger partial charge on any atom is 0.310 e. The molecule has 2 rings (SSSR count). The monoisotopic (exact) mass is 316 g/mol. The van der Waals surface area contributed by atoms with E-state index in [0.717, 1.165) is 10.4 Å². The topological polar surface area (TPSA) is 76.6 Å². The third-order valence-electron chi connectivity index (χ3n) is 3.31. The number of halogens is 1. The summed E-state index contributed by atoms with van der Waals surface area (Å²) in [6.07, 6.45) is 2.31. The highest BCUT2D eigenvalue weighted by Crippen LogP contribution is 2.24. The van der Waals surface area contributed by atoms with E-state index in [1.165, 1.54) is 12.3 Å². The van der Waals surface area contributed by atoms with Crippen LogP contribution in [0.5, 0.6) is 0 Å². The molecule has 6 nitrogen and oxygen atoms in total. The molecule has 0 aromatic carbocycles. The second-order valence-corrected chi connectivity index (χ2v) is 6.60. The molecule has 0 N–H and O–H groups in total. The molecule has 0 spiro atoms. The van der Waals surface area contributed by atoms with Crippen molar-refractivity contribution in [3.05, 3.63) is 24.1 Å². The smallest absolute Gasteiger partial charge is 0.310 e. The van der Waals surface area contributed by atoms with Gasteiger partial charge in [-0.15, -0.1) is 0 Å². The molecular formula is C13H17FN2O4S. The van der Waals surface area contributed by atoms with Crippen molar-refractivity contribution in [3.8, 4) is 0 Å². The lowest BCUT2D eigenvalue weighted by molar-refractivity contribution is -0.149. The quantitative estimate of drug-likeness (QED) is 0.780. The fourth-order valence-electron chi connectivity index (χ4n) is 2.30. The van der Waals surface area contributed by atoms with Gasteiger partial charge in [-0.25, -0.2) is 17.8 Å². The van der Waals surface area contributed by atoms with Gasteiger partial charge in [0.05, 0.1) is 12.5 Å². The lowest BCUT2D eigenvalue weighted by atomic mass is 10.0. The third kappa shape index (κ3) is 3.38. The van der Waals surface area contributed by atoms with Crippen molar-refractivity contribution in [2.45, 2.75) is 24.8 Å². The number of piperidine rings is 1. The molecule has 21 heavy (non-hydrogen) atoms. The van der Waals surface area contributed by atoms with Gasteiger partial charge in [0.15, 0.2) is 5.82 Å². The van der Waals surface area contributed by atoms with Crippen LogP contribution in [0, 0.1) is 11.7 Å². The van der Waals surface area contributed by atoms with Gasteiger partial charge < -0.3 is 4.74 Å². The van der Waals surface area contributed by atoms with E-state index in [2.05, 4.69) is 4.98 Å². The summed E-state index contributed by atoms with van der Waals surface area (Å²) in [6, 6.07) is 2.37. The predicted molar refractivity (Wildman–Crippen MR) is 72.3 cm³/mol. The summed E-state index contributed by atoms with van der Waals surface area (Å²) in [7, 11) is -4.03. The molecule has 1 aromatic rings. The molecule has 1 fully saturated rings. The Morgan fingerprint density at radius 2 is 2.33 bits per heavy atom. The first-order valence-electron chi connectivity index (χ1n) is 6.74. The van der Waals surface area contributed by atoms with Crippen LogP contribution in [0.1, 0.15) is 19.8 Å². The summed E-state index contributed by atoms with van der Waals surface area (Å²) >= 11 is 0. The highest BCUT2D eigenvalue weighted by atomic mass is 32.2. The standard InChI is InChI=1S/C13H17FN2O4S/c1-2-20-13(17)10-5-4-8-16(9-10)21(18,19)12-11(14)6-3-7-15-12/h3,6-7,10H,2,4-5,8-9H2,1H3/t10-/m0/s1. The van der Waals surface area contributed by atoms with Crippen LogP contribution in [-0.4, -0.2) is 43.4 Å². The summed E-state index contributed by atoms with van der Waals surface area (Å²) in [5.74, 6) is -1.82. The molecule has 1 atom stereocenters. The minimum Gasteiger partial charge on any atom is -0.466 e. The number of esters is 1. The lowest BCUT2D eigenvalue weighted by Crippen LogP contribution is -2.43. The zero-order valence-electron chi connectivity index (χ0n) is 11.7. The number of pyridine rings is 1. The molecule has 1 aliphatic rings. The summed E-state index contributed by atoms with van der Waals surface area (Å²) in [5, 5.41) is -0.602. The van der Waals surface area contributed by atoms with Crippen LogP contribution in [0.3, 0.4) is 0 Å². The Balaban J connectivity index is 2.21. The van der Waals surface area contributed by atoms with Crippen LogP contribution < -0.4 is 0 Å². The van der Waals surface area contributed by atoms with Crippen molar-refractivity contribution in [3.63, 3.8) is 0 Å². The molecule has 0 aliphatic carbocycles. The summed E-state index contributed by atoms with van der Waals surface area (Å²) in [4.78, 5) is 15.4. The van der Waals surface area contributed by atoms with Crippen LogP contribution in [0.4, 0.5) is 4.39 Å². The zero-order chi connectivity index (χ0) is 15.5. The first-order chi connectivity index (χ1) is 9.96. The lowest BCUT2D eigenvalue weighted by Gasteiger charge is -2.30. The Morgan fingerprint density at radius 1 is 1.57 bits per heavy atom. The van der Waals surface area contributed by atoms with Gasteiger partial charge in [-0.1, -0.05) is 0 Å². The molecule has 1 aliphatic heterocycles. The third-order valence-corrected chi connectivity index (χ3v) is 5.11. The van der Waals surface area contributed by atoms with Gasteiger partial charge in [0.25, 0.3) is 10.0 Å². The van der Waals surface area contributed by atoms with E-state index in [4.69, 9.17) is 4.74 Å². The second-order valence-electron chi connectivity index (χ2n) is 4.74. The van der Waals surface area contributed by atoms with Crippen LogP contribution in [0.25, 0.3) is 0 Å². The van der Waals surface area contributed by atoms with E-state index < -0.39 is 32.8 Å². The maximum absolute atomic E-state index is 13.7. The fourth-order valence-corrected chi connectivity index (χ4v) is 3.80. The Bertz CT molecular complexity index is 620. The van der Waals surface area contributed by atoms with Crippen molar-refractivity contribution in [1.29, 1.82) is 0 Å². The Hall–Kier alpha value is -1.54. The van der Waals surface area contributed by atoms with E-state index in [9.17, 15) is 17.6 Å². The molecule has 0 amide bonds. The Morgan fingerprint density at radius 3 is 3.00 bits per heavy atom. The number of hydrogen-bond donors (Lipinski definition) is 0. The van der Waals surface area contributed by atoms with Crippen molar-refractivity contribution < 1.29 is 22.3 Å². The minimum absolute atomic E-state index is 0.00280. The number of rotatable bonds is 4. The average Bonchev–Trinajstić information content (AvgIpc) is 2.48. The minimum atomic E-state index is -4.03. The second kappa shape index (κ2) is 6.48. The average molecular weight is 316 g/mol. The molecule has 0 unspecified atom stereocenters. The Kier molecular flexibility index (Phi) is 4.89. The van der Waals surface area contributed by atoms with Crippen LogP contribution in [0.15, 0.2) is 23.4 Å². The molecule has 1 saturated heterocycles. The molecule has 1 aromatic heterocycles. The SMILES string of the molecule is CCOC(=O)[C@H]1CCCN(S(=O)(=O)c2ncccc2F)C1. The van der Waals surface area contributed by atoms with E-state index in [1.807, 2.05) is 0 Å². The van der Waals surface area contributed by atoms with Gasteiger partial charge in [-0.2, -0.15) is 4.31 Å². The summed E-state index contributed by atoms with van der Waals surface area (Å²) in [5.41, 5.74) is 0. The molecule has 0 saturated carbocycles. The normalized spacial score (nSPS) is 20.2. The number of aromatic nitrogens is 1. The molecule has 2 heterocycles. The fraction of sp³-hybridized carbons (Fsp3) is 0.538. The largest absolute Gasteiger partial charge is 0.466 e. The van der Waals surface area contributed by atoms with E-state index in [1.54, 1.807) is 6.92 Å². The highest BCUT2D eigenvalue weighted by molar-refractivity contribution is 7.89. The van der Waals surface area contributed by atoms with Crippen molar-refractivity contribution in [1.82, 2.24) is 9.29 Å². The van der Waals surface area contributed by atoms with Crippen molar-refractivity contribution in [2.75, 3.05) is 19.7 Å². The van der Waals surface area contributed by atoms with Crippen LogP contribution in [-0.2, 0) is 19.6 Å². The summed E-state index contributed by atoms with van der Waals surface area (Å²) < 4.78 is 44.5. The van der Waals surface area contributed by atoms with Crippen molar-refractivity contribution >= 4 is 16.0 Å². The number of nitrogens with zero attached hydrogens (tertiary/aromatic N) is 2. The van der Waals surface area contributed by atoms with Gasteiger partial charge in [0, 0.05) is 19.3 Å². The van der Waals surface area contributed by atoms with E-state index in [0.29, 0.717) is 12.8 Å². The van der Waals surface area contributed by atoms with Gasteiger partial charge in [0.1, 0.15) is 0 Å². The number of ether oxygens (including phenoxy) is 1. The van der Waals surface area contributed by atoms with Gasteiger partial charge >= 0.3 is 5.97 Å². The first-order valence-corrected chi connectivity index (χ1v) is 8.18.